The Labute approximate surface area is 152 Å². The highest BCUT2D eigenvalue weighted by molar-refractivity contribution is 6.09. The van der Waals surface area contributed by atoms with E-state index in [9.17, 15) is 19.6 Å². The molecular formula is C20H20FN3O2. The number of aromatic hydroxyl groups is 1. The van der Waals surface area contributed by atoms with Crippen LogP contribution in [0.15, 0.2) is 48.0 Å². The number of amides is 1. The van der Waals surface area contributed by atoms with Crippen LogP contribution in [0.4, 0.5) is 15.8 Å². The maximum absolute atomic E-state index is 12.9. The third kappa shape index (κ3) is 4.61. The number of anilines is 2. The Kier molecular flexibility index (Phi) is 6.34. The number of carbonyl (C=O) groups is 1. The van der Waals surface area contributed by atoms with Crippen molar-refractivity contribution in [3.05, 3.63) is 59.4 Å². The van der Waals surface area contributed by atoms with Crippen molar-refractivity contribution in [3.8, 4) is 11.8 Å². The van der Waals surface area contributed by atoms with Crippen LogP contribution in [0.3, 0.4) is 0 Å². The second-order valence-corrected chi connectivity index (χ2v) is 5.55. The van der Waals surface area contributed by atoms with Crippen molar-refractivity contribution in [1.82, 2.24) is 0 Å². The molecule has 0 saturated carbocycles. The summed E-state index contributed by atoms with van der Waals surface area (Å²) in [6.45, 7) is 5.63. The van der Waals surface area contributed by atoms with E-state index < -0.39 is 11.7 Å². The molecule has 0 aliphatic rings. The van der Waals surface area contributed by atoms with Crippen molar-refractivity contribution in [2.75, 3.05) is 23.3 Å². The van der Waals surface area contributed by atoms with Crippen molar-refractivity contribution in [3.63, 3.8) is 0 Å². The van der Waals surface area contributed by atoms with E-state index in [2.05, 4.69) is 10.2 Å². The smallest absolute Gasteiger partial charge is 0.266 e. The lowest BCUT2D eigenvalue weighted by Gasteiger charge is -2.21. The first-order valence-electron chi connectivity index (χ1n) is 8.25. The number of phenols is 1. The minimum Gasteiger partial charge on any atom is -0.507 e. The maximum Gasteiger partial charge on any atom is 0.266 e. The molecule has 0 heterocycles. The largest absolute Gasteiger partial charge is 0.507 e. The van der Waals surface area contributed by atoms with Gasteiger partial charge in [-0.1, -0.05) is 0 Å². The van der Waals surface area contributed by atoms with Crippen LogP contribution >= 0.6 is 0 Å². The average molecular weight is 353 g/mol. The van der Waals surface area contributed by atoms with Gasteiger partial charge in [0, 0.05) is 36.1 Å². The van der Waals surface area contributed by atoms with Crippen LogP contribution < -0.4 is 10.2 Å². The summed E-state index contributed by atoms with van der Waals surface area (Å²) < 4.78 is 12.9. The molecule has 0 radical (unpaired) electrons. The van der Waals surface area contributed by atoms with E-state index in [4.69, 9.17) is 0 Å². The number of nitriles is 1. The molecule has 0 aromatic heterocycles. The summed E-state index contributed by atoms with van der Waals surface area (Å²) >= 11 is 0. The lowest BCUT2D eigenvalue weighted by atomic mass is 10.1. The molecule has 0 bridgehead atoms. The highest BCUT2D eigenvalue weighted by Crippen LogP contribution is 2.26. The van der Waals surface area contributed by atoms with Crippen LogP contribution in [0.25, 0.3) is 6.08 Å². The first kappa shape index (κ1) is 19.0. The van der Waals surface area contributed by atoms with Crippen LogP contribution in [-0.2, 0) is 4.79 Å². The van der Waals surface area contributed by atoms with Gasteiger partial charge in [0.25, 0.3) is 5.91 Å². The third-order valence-electron chi connectivity index (χ3n) is 3.91. The van der Waals surface area contributed by atoms with Crippen molar-refractivity contribution < 1.29 is 14.3 Å². The second-order valence-electron chi connectivity index (χ2n) is 5.55. The lowest BCUT2D eigenvalue weighted by Crippen LogP contribution is -2.21. The van der Waals surface area contributed by atoms with Gasteiger partial charge < -0.3 is 15.3 Å². The molecule has 0 fully saturated rings. The predicted octanol–water partition coefficient (Wildman–Crippen LogP) is 3.92. The fraction of sp³-hybridized carbons (Fsp3) is 0.200. The molecule has 0 saturated heterocycles. The number of hydrogen-bond donors (Lipinski definition) is 2. The zero-order valence-corrected chi connectivity index (χ0v) is 14.7. The monoisotopic (exact) mass is 353 g/mol. The molecule has 2 aromatic rings. The Morgan fingerprint density at radius 3 is 2.42 bits per heavy atom. The molecule has 2 rings (SSSR count). The van der Waals surface area contributed by atoms with Gasteiger partial charge in [-0.2, -0.15) is 5.26 Å². The molecule has 0 spiro atoms. The van der Waals surface area contributed by atoms with Gasteiger partial charge in [0.15, 0.2) is 0 Å². The topological polar surface area (TPSA) is 76.4 Å². The molecule has 5 nitrogen and oxygen atoms in total. The van der Waals surface area contributed by atoms with Crippen LogP contribution in [0, 0.1) is 17.1 Å². The number of phenolic OH excluding ortho intramolecular Hbond substituents is 1. The van der Waals surface area contributed by atoms with Crippen LogP contribution in [0.5, 0.6) is 5.75 Å². The summed E-state index contributed by atoms with van der Waals surface area (Å²) in [5.74, 6) is -1.07. The SMILES string of the molecule is CCN(CC)c1ccc(C=C(C#N)C(=O)Nc2ccc(F)cc2)c(O)c1. The van der Waals surface area contributed by atoms with Crippen molar-refractivity contribution in [2.45, 2.75) is 13.8 Å². The van der Waals surface area contributed by atoms with E-state index in [0.717, 1.165) is 18.8 Å². The van der Waals surface area contributed by atoms with E-state index in [1.54, 1.807) is 12.1 Å². The molecule has 2 N–H and O–H groups in total. The van der Waals surface area contributed by atoms with Gasteiger partial charge in [0.2, 0.25) is 0 Å². The Morgan fingerprint density at radius 1 is 1.23 bits per heavy atom. The number of nitrogens with zero attached hydrogens (tertiary/aromatic N) is 2. The highest BCUT2D eigenvalue weighted by atomic mass is 19.1. The number of benzene rings is 2. The molecular weight excluding hydrogens is 333 g/mol. The first-order valence-corrected chi connectivity index (χ1v) is 8.25. The molecule has 1 amide bonds. The molecule has 26 heavy (non-hydrogen) atoms. The second kappa shape index (κ2) is 8.67. The average Bonchev–Trinajstić information content (AvgIpc) is 2.64. The first-order chi connectivity index (χ1) is 12.5. The van der Waals surface area contributed by atoms with E-state index in [1.807, 2.05) is 26.0 Å². The van der Waals surface area contributed by atoms with Crippen LogP contribution in [0.2, 0.25) is 0 Å². The van der Waals surface area contributed by atoms with Crippen molar-refractivity contribution in [1.29, 1.82) is 5.26 Å². The number of halogens is 1. The van der Waals surface area contributed by atoms with Gasteiger partial charge in [-0.3, -0.25) is 4.79 Å². The molecule has 6 heteroatoms. The Hall–Kier alpha value is -3.33. The van der Waals surface area contributed by atoms with Crippen molar-refractivity contribution >= 4 is 23.4 Å². The van der Waals surface area contributed by atoms with E-state index in [-0.39, 0.29) is 11.3 Å². The van der Waals surface area contributed by atoms with Gasteiger partial charge >= 0.3 is 0 Å². The predicted molar refractivity (Wildman–Crippen MR) is 100 cm³/mol. The summed E-state index contributed by atoms with van der Waals surface area (Å²) in [5, 5.41) is 22.0. The van der Waals surface area contributed by atoms with Gasteiger partial charge in [0.05, 0.1) is 0 Å². The quantitative estimate of drug-likeness (QED) is 0.609. The van der Waals surface area contributed by atoms with Gasteiger partial charge in [0.1, 0.15) is 23.2 Å². The summed E-state index contributed by atoms with van der Waals surface area (Å²) in [6.07, 6.45) is 1.32. The molecule has 2 aromatic carbocycles. The minimum atomic E-state index is -0.633. The van der Waals surface area contributed by atoms with E-state index in [1.165, 1.54) is 30.3 Å². The molecule has 0 aliphatic carbocycles. The lowest BCUT2D eigenvalue weighted by molar-refractivity contribution is -0.112. The highest BCUT2D eigenvalue weighted by Gasteiger charge is 2.12. The standard InChI is InChI=1S/C20H20FN3O2/c1-3-24(4-2)18-10-5-14(19(25)12-18)11-15(13-22)20(26)23-17-8-6-16(21)7-9-17/h5-12,25H,3-4H2,1-2H3,(H,23,26). The van der Waals surface area contributed by atoms with E-state index in [0.29, 0.717) is 11.3 Å². The Bertz CT molecular complexity index is 850. The summed E-state index contributed by atoms with van der Waals surface area (Å²) in [4.78, 5) is 14.3. The summed E-state index contributed by atoms with van der Waals surface area (Å²) in [6, 6.07) is 12.1. The van der Waals surface area contributed by atoms with Gasteiger partial charge in [-0.25, -0.2) is 4.39 Å². The number of rotatable bonds is 6. The minimum absolute atomic E-state index is 0.0169. The third-order valence-corrected chi connectivity index (χ3v) is 3.91. The zero-order valence-electron chi connectivity index (χ0n) is 14.7. The van der Waals surface area contributed by atoms with Crippen LogP contribution in [-0.4, -0.2) is 24.1 Å². The number of hydrogen-bond acceptors (Lipinski definition) is 4. The van der Waals surface area contributed by atoms with Crippen molar-refractivity contribution in [2.24, 2.45) is 0 Å². The number of carbonyl (C=O) groups excluding carboxylic acids is 1. The van der Waals surface area contributed by atoms with E-state index >= 15 is 0 Å². The molecule has 134 valence electrons. The fourth-order valence-corrected chi connectivity index (χ4v) is 2.48. The Balaban J connectivity index is 2.23. The molecule has 0 aliphatic heterocycles. The van der Waals surface area contributed by atoms with Gasteiger partial charge in [-0.05, 0) is 56.3 Å². The summed E-state index contributed by atoms with van der Waals surface area (Å²) in [5.41, 5.74) is 1.43. The Morgan fingerprint density at radius 2 is 1.88 bits per heavy atom. The maximum atomic E-state index is 12.9. The summed E-state index contributed by atoms with van der Waals surface area (Å²) in [7, 11) is 0. The molecule has 0 atom stereocenters. The molecule has 0 unspecified atom stereocenters. The fourth-order valence-electron chi connectivity index (χ4n) is 2.48. The number of nitrogens with one attached hydrogen (secondary N) is 1. The van der Waals surface area contributed by atoms with Crippen LogP contribution in [0.1, 0.15) is 19.4 Å². The zero-order chi connectivity index (χ0) is 19.1. The van der Waals surface area contributed by atoms with Gasteiger partial charge in [-0.15, -0.1) is 0 Å². The normalized spacial score (nSPS) is 10.9.